The molecule has 370 valence electrons. The lowest BCUT2D eigenvalue weighted by Crippen LogP contribution is -2.59. The van der Waals surface area contributed by atoms with Gasteiger partial charge in [0, 0.05) is 111 Å². The second-order valence-electron chi connectivity index (χ2n) is 22.5. The van der Waals surface area contributed by atoms with Crippen LogP contribution in [-0.2, 0) is 22.6 Å². The smallest absolute Gasteiger partial charge is 0.319 e. The Morgan fingerprint density at radius 3 is 2.46 bits per heavy atom. The molecule has 3 amide bonds. The number of ether oxygens (including phenoxy) is 1. The average molecular weight is 963 g/mol. The van der Waals surface area contributed by atoms with Gasteiger partial charge in [-0.15, -0.1) is 0 Å². The zero-order valence-corrected chi connectivity index (χ0v) is 40.6. The van der Waals surface area contributed by atoms with Gasteiger partial charge in [-0.3, -0.25) is 24.7 Å². The quantitative estimate of drug-likeness (QED) is 0.125. The van der Waals surface area contributed by atoms with Gasteiger partial charge in [0.15, 0.2) is 5.82 Å². The summed E-state index contributed by atoms with van der Waals surface area (Å²) in [5, 5.41) is 19.2. The van der Waals surface area contributed by atoms with Crippen LogP contribution in [-0.4, -0.2) is 143 Å². The van der Waals surface area contributed by atoms with E-state index in [9.17, 15) is 19.5 Å². The predicted molar refractivity (Wildman–Crippen MR) is 268 cm³/mol. The first kappa shape index (κ1) is 44.9. The highest BCUT2D eigenvalue weighted by molar-refractivity contribution is 6.06. The summed E-state index contributed by atoms with van der Waals surface area (Å²) in [4.78, 5) is 63.8. The van der Waals surface area contributed by atoms with E-state index in [-0.39, 0.29) is 52.5 Å². The molecule has 13 rings (SSSR count). The molecule has 16 heteroatoms. The van der Waals surface area contributed by atoms with Crippen molar-refractivity contribution < 1.29 is 28.6 Å². The normalized spacial score (nSPS) is 25.1. The molecule has 3 atom stereocenters. The van der Waals surface area contributed by atoms with Gasteiger partial charge in [0.2, 0.25) is 11.8 Å². The van der Waals surface area contributed by atoms with Crippen molar-refractivity contribution in [1.82, 2.24) is 40.3 Å². The summed E-state index contributed by atoms with van der Waals surface area (Å²) in [6.07, 6.45) is 11.0. The van der Waals surface area contributed by atoms with Crippen LogP contribution in [0, 0.1) is 22.6 Å². The fourth-order valence-electron chi connectivity index (χ4n) is 13.6. The molecule has 2 aromatic heterocycles. The zero-order chi connectivity index (χ0) is 48.2. The Labute approximate surface area is 413 Å². The number of hydrogen-bond acceptors (Lipinski definition) is 13. The van der Waals surface area contributed by atoms with Gasteiger partial charge >= 0.3 is 6.01 Å². The molecule has 71 heavy (non-hydrogen) atoms. The molecule has 1 saturated carbocycles. The SMILES string of the molecule is CCc1cccc2cc(O)cc(-c3ncc4c(N5CC6CCC(C5)N6)nc(OCC5(CN6CCC(CN7CC8(CCN(c9ccc%10c(c9)CN(C9CCC(=O)NC9=O)C%10=O)C8)C7)CC6)CC5)nc4c3F)c12. The van der Waals surface area contributed by atoms with Crippen LogP contribution in [0.2, 0.25) is 0 Å². The molecule has 6 saturated heterocycles. The summed E-state index contributed by atoms with van der Waals surface area (Å²) >= 11 is 0. The number of piperazine rings is 1. The molecule has 3 unspecified atom stereocenters. The van der Waals surface area contributed by atoms with Crippen molar-refractivity contribution >= 4 is 50.9 Å². The molecule has 3 N–H and O–H groups in total. The molecule has 8 aliphatic rings. The summed E-state index contributed by atoms with van der Waals surface area (Å²) in [5.41, 5.74) is 5.05. The fourth-order valence-corrected chi connectivity index (χ4v) is 13.6. The molecule has 5 aromatic rings. The van der Waals surface area contributed by atoms with Crippen LogP contribution in [0.15, 0.2) is 54.7 Å². The van der Waals surface area contributed by atoms with E-state index in [0.29, 0.717) is 65.3 Å². The maximum Gasteiger partial charge on any atom is 0.319 e. The topological polar surface area (TPSA) is 160 Å². The Morgan fingerprint density at radius 2 is 1.69 bits per heavy atom. The minimum atomic E-state index is -0.600. The number of hydrogen-bond donors (Lipinski definition) is 3. The number of nitrogens with zero attached hydrogens (tertiary/aromatic N) is 8. The van der Waals surface area contributed by atoms with Crippen molar-refractivity contribution in [3.05, 3.63) is 77.2 Å². The number of fused-ring (bicyclic) bond motifs is 5. The number of benzene rings is 3. The number of anilines is 2. The molecule has 1 aliphatic carbocycles. The monoisotopic (exact) mass is 962 g/mol. The number of rotatable bonds is 12. The van der Waals surface area contributed by atoms with Gasteiger partial charge < -0.3 is 39.7 Å². The number of imide groups is 1. The lowest BCUT2D eigenvalue weighted by Gasteiger charge is -2.50. The summed E-state index contributed by atoms with van der Waals surface area (Å²) < 4.78 is 23.8. The number of phenolic OH excluding ortho intramolecular Hbond substituents is 1. The van der Waals surface area contributed by atoms with E-state index >= 15 is 4.39 Å². The molecule has 0 radical (unpaired) electrons. The molecular formula is C55H63FN10O5. The second-order valence-corrected chi connectivity index (χ2v) is 22.5. The van der Waals surface area contributed by atoms with Crippen molar-refractivity contribution in [2.75, 3.05) is 81.9 Å². The summed E-state index contributed by atoms with van der Waals surface area (Å²) in [5.74, 6) is 0.0959. The molecule has 1 spiro atoms. The van der Waals surface area contributed by atoms with Gasteiger partial charge in [-0.05, 0) is 129 Å². The first-order valence-electron chi connectivity index (χ1n) is 26.2. The number of pyridine rings is 1. The number of nitrogens with one attached hydrogen (secondary N) is 2. The van der Waals surface area contributed by atoms with E-state index < -0.39 is 11.9 Å². The van der Waals surface area contributed by atoms with E-state index in [4.69, 9.17) is 19.7 Å². The maximum absolute atomic E-state index is 17.2. The number of carbonyl (C=O) groups excluding carboxylic acids is 3. The summed E-state index contributed by atoms with van der Waals surface area (Å²) in [6, 6.07) is 15.7. The first-order chi connectivity index (χ1) is 34.5. The number of aryl methyl sites for hydroxylation is 1. The number of aromatic hydroxyl groups is 1. The molecule has 15 nitrogen and oxygen atoms in total. The van der Waals surface area contributed by atoms with Gasteiger partial charge in [0.05, 0.1) is 12.0 Å². The minimum Gasteiger partial charge on any atom is -0.508 e. The fraction of sp³-hybridized carbons (Fsp3) is 0.527. The Hall–Kier alpha value is -5.97. The average Bonchev–Trinajstić information content (AvgIpc) is 3.64. The Bertz CT molecular complexity index is 2980. The van der Waals surface area contributed by atoms with Crippen molar-refractivity contribution in [3.8, 4) is 23.0 Å². The van der Waals surface area contributed by atoms with Gasteiger partial charge in [0.25, 0.3) is 5.91 Å². The Balaban J connectivity index is 0.634. The van der Waals surface area contributed by atoms with Gasteiger partial charge in [0.1, 0.15) is 28.8 Å². The van der Waals surface area contributed by atoms with Crippen molar-refractivity contribution in [1.29, 1.82) is 0 Å². The van der Waals surface area contributed by atoms with Crippen LogP contribution in [0.1, 0.15) is 86.2 Å². The highest BCUT2D eigenvalue weighted by atomic mass is 19.1. The zero-order valence-electron chi connectivity index (χ0n) is 40.6. The molecule has 9 heterocycles. The third-order valence-corrected chi connectivity index (χ3v) is 17.5. The number of likely N-dealkylation sites (tertiary alicyclic amines) is 2. The number of halogens is 1. The number of piperidine rings is 2. The van der Waals surface area contributed by atoms with Gasteiger partial charge in [-0.2, -0.15) is 9.97 Å². The van der Waals surface area contributed by atoms with E-state index in [1.165, 1.54) is 12.8 Å². The number of amides is 3. The highest BCUT2D eigenvalue weighted by Gasteiger charge is 2.49. The summed E-state index contributed by atoms with van der Waals surface area (Å²) in [6.45, 7) is 13.1. The van der Waals surface area contributed by atoms with Gasteiger partial charge in [-0.25, -0.2) is 4.39 Å². The van der Waals surface area contributed by atoms with Crippen molar-refractivity contribution in [3.63, 3.8) is 0 Å². The van der Waals surface area contributed by atoms with Crippen LogP contribution in [0.4, 0.5) is 15.9 Å². The number of phenols is 1. The largest absolute Gasteiger partial charge is 0.508 e. The third kappa shape index (κ3) is 8.23. The Kier molecular flexibility index (Phi) is 11.0. The van der Waals surface area contributed by atoms with Crippen LogP contribution in [0.3, 0.4) is 0 Å². The molecule has 7 aliphatic heterocycles. The molecule has 7 fully saturated rings. The van der Waals surface area contributed by atoms with E-state index in [1.54, 1.807) is 23.2 Å². The van der Waals surface area contributed by atoms with Crippen LogP contribution < -0.4 is 25.2 Å². The van der Waals surface area contributed by atoms with Crippen LogP contribution in [0.5, 0.6) is 11.8 Å². The number of carbonyl (C=O) groups is 3. The van der Waals surface area contributed by atoms with Crippen molar-refractivity contribution in [2.24, 2.45) is 16.7 Å². The maximum atomic E-state index is 17.2. The lowest BCUT2D eigenvalue weighted by molar-refractivity contribution is -0.136. The first-order valence-corrected chi connectivity index (χ1v) is 26.2. The van der Waals surface area contributed by atoms with Crippen molar-refractivity contribution in [2.45, 2.75) is 95.8 Å². The minimum absolute atomic E-state index is 0.0257. The van der Waals surface area contributed by atoms with Gasteiger partial charge in [-0.1, -0.05) is 25.1 Å². The van der Waals surface area contributed by atoms with Crippen LogP contribution in [0.25, 0.3) is 32.9 Å². The molecular weight excluding hydrogens is 900 g/mol. The lowest BCUT2D eigenvalue weighted by atomic mass is 9.78. The summed E-state index contributed by atoms with van der Waals surface area (Å²) in [7, 11) is 0. The standard InChI is InChI=1S/C55H63FN10O5/c1-2-34-4-3-5-35-21-40(67)22-42(46(34)35)48-47(56)49-43(23-57-48)50(65-26-37-6-7-38(27-65)58-37)61-53(60-49)71-32-54(14-15-54)28-62-17-12-33(13-18-62)24-63-29-55(30-63)16-19-64(31-55)39-8-9-41-36(20-39)25-66(52(41)70)44-10-11-45(68)59-51(44)69/h3-5,8-9,20-23,33,37-38,44,58,67H,2,6-7,10-19,24-32H2,1H3,(H,59,68,69). The van der Waals surface area contributed by atoms with Crippen LogP contribution >= 0.6 is 0 Å². The molecule has 3 aromatic carbocycles. The number of aromatic nitrogens is 3. The molecule has 2 bridgehead atoms. The highest BCUT2D eigenvalue weighted by Crippen LogP contribution is 2.48. The van der Waals surface area contributed by atoms with E-state index in [1.807, 2.05) is 24.3 Å². The predicted octanol–water partition coefficient (Wildman–Crippen LogP) is 6.04. The Morgan fingerprint density at radius 1 is 0.873 bits per heavy atom. The van der Waals surface area contributed by atoms with E-state index in [0.717, 1.165) is 132 Å². The third-order valence-electron chi connectivity index (χ3n) is 17.5. The second kappa shape index (κ2) is 17.4. The van der Waals surface area contributed by atoms with E-state index in [2.05, 4.69) is 49.3 Å².